The Balaban J connectivity index is 1.55. The molecule has 0 bridgehead atoms. The van der Waals surface area contributed by atoms with E-state index in [-0.39, 0.29) is 23.5 Å². The molecule has 5 nitrogen and oxygen atoms in total. The highest BCUT2D eigenvalue weighted by atomic mass is 16.5. The van der Waals surface area contributed by atoms with Crippen molar-refractivity contribution in [3.05, 3.63) is 60.2 Å². The first-order valence-electron chi connectivity index (χ1n) is 10.0. The third-order valence-corrected chi connectivity index (χ3v) is 6.18. The summed E-state index contributed by atoms with van der Waals surface area (Å²) >= 11 is 0. The van der Waals surface area contributed by atoms with E-state index in [1.807, 2.05) is 7.11 Å². The standard InChI is InChI=1S/C23H29N3O2/c1-23(2)12-11-20(19(22(23)27-3)13-21-24-15-25-26-21)28-14-17-9-6-8-16-7-4-5-10-18(16)17/h4-10,15,19-20,22H,11-14H2,1-3H3,(H,24,25,26). The van der Waals surface area contributed by atoms with Crippen LogP contribution >= 0.6 is 0 Å². The van der Waals surface area contributed by atoms with Crippen LogP contribution in [0.25, 0.3) is 10.8 Å². The maximum atomic E-state index is 6.52. The molecule has 1 aliphatic rings. The molecule has 5 heteroatoms. The van der Waals surface area contributed by atoms with Gasteiger partial charge in [0.05, 0.1) is 18.8 Å². The lowest BCUT2D eigenvalue weighted by atomic mass is 9.67. The number of aromatic nitrogens is 3. The van der Waals surface area contributed by atoms with Crippen LogP contribution in [0.3, 0.4) is 0 Å². The molecule has 4 rings (SSSR count). The Bertz CT molecular complexity index is 902. The Morgan fingerprint density at radius 1 is 1.14 bits per heavy atom. The maximum absolute atomic E-state index is 6.52. The Morgan fingerprint density at radius 2 is 1.96 bits per heavy atom. The fraction of sp³-hybridized carbons (Fsp3) is 0.478. The van der Waals surface area contributed by atoms with Gasteiger partial charge in [0, 0.05) is 19.4 Å². The van der Waals surface area contributed by atoms with Crippen molar-refractivity contribution in [3.63, 3.8) is 0 Å². The maximum Gasteiger partial charge on any atom is 0.150 e. The zero-order valence-corrected chi connectivity index (χ0v) is 16.9. The molecule has 0 amide bonds. The molecule has 3 unspecified atom stereocenters. The van der Waals surface area contributed by atoms with Crippen molar-refractivity contribution in [2.45, 2.75) is 51.9 Å². The van der Waals surface area contributed by atoms with E-state index in [1.54, 1.807) is 6.33 Å². The minimum absolute atomic E-state index is 0.106. The minimum Gasteiger partial charge on any atom is -0.380 e. The number of hydrogen-bond acceptors (Lipinski definition) is 4. The van der Waals surface area contributed by atoms with Gasteiger partial charge < -0.3 is 9.47 Å². The second-order valence-corrected chi connectivity index (χ2v) is 8.45. The summed E-state index contributed by atoms with van der Waals surface area (Å²) in [6.45, 7) is 5.17. The van der Waals surface area contributed by atoms with Gasteiger partial charge in [0.25, 0.3) is 0 Å². The minimum atomic E-state index is 0.106. The van der Waals surface area contributed by atoms with Crippen molar-refractivity contribution in [1.82, 2.24) is 15.2 Å². The lowest BCUT2D eigenvalue weighted by Crippen LogP contribution is -2.49. The monoisotopic (exact) mass is 379 g/mol. The summed E-state index contributed by atoms with van der Waals surface area (Å²) in [6.07, 6.45) is 4.72. The second-order valence-electron chi connectivity index (χ2n) is 8.45. The van der Waals surface area contributed by atoms with Gasteiger partial charge in [-0.05, 0) is 34.6 Å². The van der Waals surface area contributed by atoms with Crippen LogP contribution < -0.4 is 0 Å². The highest BCUT2D eigenvalue weighted by Crippen LogP contribution is 2.43. The smallest absolute Gasteiger partial charge is 0.150 e. The highest BCUT2D eigenvalue weighted by molar-refractivity contribution is 5.85. The van der Waals surface area contributed by atoms with Gasteiger partial charge in [-0.2, -0.15) is 5.10 Å². The number of aromatic amines is 1. The van der Waals surface area contributed by atoms with E-state index in [4.69, 9.17) is 9.47 Å². The third kappa shape index (κ3) is 3.82. The largest absolute Gasteiger partial charge is 0.380 e. The predicted molar refractivity (Wildman–Crippen MR) is 110 cm³/mol. The van der Waals surface area contributed by atoms with Gasteiger partial charge in [-0.3, -0.25) is 5.10 Å². The van der Waals surface area contributed by atoms with Crippen LogP contribution in [0.5, 0.6) is 0 Å². The molecule has 1 aliphatic carbocycles. The van der Waals surface area contributed by atoms with Crippen molar-refractivity contribution in [3.8, 4) is 0 Å². The number of benzene rings is 2. The lowest BCUT2D eigenvalue weighted by molar-refractivity contribution is -0.135. The SMILES string of the molecule is COC1C(Cc2nc[nH]n2)C(OCc2cccc3ccccc23)CCC1(C)C. The number of H-pyrrole nitrogens is 1. The molecule has 28 heavy (non-hydrogen) atoms. The molecular weight excluding hydrogens is 350 g/mol. The number of nitrogens with one attached hydrogen (secondary N) is 1. The van der Waals surface area contributed by atoms with Crippen LogP contribution in [0.4, 0.5) is 0 Å². The van der Waals surface area contributed by atoms with Crippen LogP contribution in [0, 0.1) is 11.3 Å². The Kier molecular flexibility index (Phi) is 5.47. The van der Waals surface area contributed by atoms with E-state index in [1.165, 1.54) is 16.3 Å². The fourth-order valence-electron chi connectivity index (χ4n) is 4.74. The van der Waals surface area contributed by atoms with Gasteiger partial charge in [-0.1, -0.05) is 56.3 Å². The molecule has 3 aromatic rings. The van der Waals surface area contributed by atoms with E-state index < -0.39 is 0 Å². The molecule has 1 heterocycles. The average Bonchev–Trinajstić information content (AvgIpc) is 3.20. The normalized spacial score (nSPS) is 24.5. The molecule has 1 N–H and O–H groups in total. The summed E-state index contributed by atoms with van der Waals surface area (Å²) in [4.78, 5) is 4.34. The lowest BCUT2D eigenvalue weighted by Gasteiger charge is -2.46. The van der Waals surface area contributed by atoms with Gasteiger partial charge in [-0.25, -0.2) is 4.98 Å². The Morgan fingerprint density at radius 3 is 2.75 bits per heavy atom. The van der Waals surface area contributed by atoms with Crippen molar-refractivity contribution in [2.75, 3.05) is 7.11 Å². The van der Waals surface area contributed by atoms with Crippen LogP contribution in [-0.4, -0.2) is 34.5 Å². The van der Waals surface area contributed by atoms with Gasteiger partial charge in [0.15, 0.2) is 5.82 Å². The molecule has 0 radical (unpaired) electrons. The molecule has 3 atom stereocenters. The summed E-state index contributed by atoms with van der Waals surface area (Å²) in [5, 5.41) is 9.61. The number of nitrogens with zero attached hydrogens (tertiary/aromatic N) is 2. The van der Waals surface area contributed by atoms with E-state index in [9.17, 15) is 0 Å². The van der Waals surface area contributed by atoms with Crippen LogP contribution in [-0.2, 0) is 22.5 Å². The van der Waals surface area contributed by atoms with E-state index in [0.29, 0.717) is 6.61 Å². The van der Waals surface area contributed by atoms with E-state index >= 15 is 0 Å². The summed E-state index contributed by atoms with van der Waals surface area (Å²) in [5.41, 5.74) is 1.34. The molecule has 1 aromatic heterocycles. The summed E-state index contributed by atoms with van der Waals surface area (Å²) < 4.78 is 12.5. The first-order valence-corrected chi connectivity index (χ1v) is 10.0. The Hall–Kier alpha value is -2.24. The number of rotatable bonds is 6. The molecular formula is C23H29N3O2. The zero-order chi connectivity index (χ0) is 19.6. The van der Waals surface area contributed by atoms with Gasteiger partial charge in [-0.15, -0.1) is 0 Å². The summed E-state index contributed by atoms with van der Waals surface area (Å²) in [7, 11) is 1.81. The van der Waals surface area contributed by atoms with Crippen molar-refractivity contribution < 1.29 is 9.47 Å². The van der Waals surface area contributed by atoms with E-state index in [2.05, 4.69) is 71.5 Å². The first kappa shape index (κ1) is 19.1. The number of hydrogen-bond donors (Lipinski definition) is 1. The van der Waals surface area contributed by atoms with Gasteiger partial charge in [0.2, 0.25) is 0 Å². The molecule has 0 saturated heterocycles. The predicted octanol–water partition coefficient (Wildman–Crippen LogP) is 4.54. The molecule has 0 aliphatic heterocycles. The van der Waals surface area contributed by atoms with Crippen molar-refractivity contribution in [1.29, 1.82) is 0 Å². The second kappa shape index (κ2) is 8.02. The molecule has 1 saturated carbocycles. The van der Waals surface area contributed by atoms with Crippen molar-refractivity contribution in [2.24, 2.45) is 11.3 Å². The highest BCUT2D eigenvalue weighted by Gasteiger charge is 2.45. The van der Waals surface area contributed by atoms with Crippen LogP contribution in [0.15, 0.2) is 48.8 Å². The zero-order valence-electron chi connectivity index (χ0n) is 16.9. The fourth-order valence-corrected chi connectivity index (χ4v) is 4.74. The first-order chi connectivity index (χ1) is 13.6. The molecule has 148 valence electrons. The number of fused-ring (bicyclic) bond motifs is 1. The van der Waals surface area contributed by atoms with Gasteiger partial charge >= 0.3 is 0 Å². The van der Waals surface area contributed by atoms with Crippen LogP contribution in [0.1, 0.15) is 38.1 Å². The molecule has 1 fully saturated rings. The molecule has 2 aromatic carbocycles. The third-order valence-electron chi connectivity index (χ3n) is 6.18. The number of ether oxygens (including phenoxy) is 2. The van der Waals surface area contributed by atoms with E-state index in [0.717, 1.165) is 25.1 Å². The van der Waals surface area contributed by atoms with Crippen molar-refractivity contribution >= 4 is 10.8 Å². The topological polar surface area (TPSA) is 60.0 Å². The Labute approximate surface area is 166 Å². The quantitative estimate of drug-likeness (QED) is 0.683. The average molecular weight is 380 g/mol. The molecule has 0 spiro atoms. The summed E-state index contributed by atoms with van der Waals surface area (Å²) in [6, 6.07) is 14.9. The number of methoxy groups -OCH3 is 1. The van der Waals surface area contributed by atoms with Gasteiger partial charge in [0.1, 0.15) is 6.33 Å². The summed E-state index contributed by atoms with van der Waals surface area (Å²) in [5.74, 6) is 1.04. The van der Waals surface area contributed by atoms with Crippen LogP contribution in [0.2, 0.25) is 0 Å².